The number of nitrogens with zero attached hydrogens (tertiary/aromatic N) is 3. The van der Waals surface area contributed by atoms with Crippen molar-refractivity contribution in [2.24, 2.45) is 11.8 Å². The van der Waals surface area contributed by atoms with Crippen molar-refractivity contribution >= 4 is 17.5 Å². The smallest absolute Gasteiger partial charge is 0.241 e. The van der Waals surface area contributed by atoms with E-state index in [0.717, 1.165) is 76.4 Å². The van der Waals surface area contributed by atoms with Gasteiger partial charge in [0.15, 0.2) is 0 Å². The van der Waals surface area contributed by atoms with Gasteiger partial charge in [-0.05, 0) is 62.7 Å². The van der Waals surface area contributed by atoms with Crippen LogP contribution in [0.5, 0.6) is 0 Å². The Hall–Kier alpha value is -1.88. The Kier molecular flexibility index (Phi) is 5.48. The summed E-state index contributed by atoms with van der Waals surface area (Å²) in [6.45, 7) is 7.08. The zero-order valence-electron chi connectivity index (χ0n) is 16.4. The maximum atomic E-state index is 12.8. The number of hydrogen-bond acceptors (Lipinski definition) is 3. The first-order valence-corrected chi connectivity index (χ1v) is 10.5. The van der Waals surface area contributed by atoms with Crippen molar-refractivity contribution in [2.75, 3.05) is 44.2 Å². The maximum absolute atomic E-state index is 12.8. The molecule has 0 saturated carbocycles. The minimum Gasteiger partial charge on any atom is -0.342 e. The third kappa shape index (κ3) is 4.03. The Balaban J connectivity index is 1.26. The summed E-state index contributed by atoms with van der Waals surface area (Å²) in [6, 6.07) is 8.20. The molecule has 0 aromatic heterocycles. The lowest BCUT2D eigenvalue weighted by molar-refractivity contribution is -0.138. The van der Waals surface area contributed by atoms with E-state index < -0.39 is 0 Å². The number of rotatable bonds is 3. The number of piperidine rings is 2. The minimum absolute atomic E-state index is 0.150. The third-order valence-electron chi connectivity index (χ3n) is 6.58. The first kappa shape index (κ1) is 18.5. The number of carbonyl (C=O) groups excluding carboxylic acids is 2. The predicted molar refractivity (Wildman–Crippen MR) is 107 cm³/mol. The van der Waals surface area contributed by atoms with E-state index in [1.165, 1.54) is 5.56 Å². The van der Waals surface area contributed by atoms with Crippen LogP contribution in [0, 0.1) is 11.8 Å². The Morgan fingerprint density at radius 2 is 1.67 bits per heavy atom. The average molecular weight is 370 g/mol. The van der Waals surface area contributed by atoms with Crippen LogP contribution in [0.4, 0.5) is 5.69 Å². The molecular weight excluding hydrogens is 338 g/mol. The largest absolute Gasteiger partial charge is 0.342 e. The molecule has 2 fully saturated rings. The highest BCUT2D eigenvalue weighted by molar-refractivity contribution is 5.96. The molecule has 0 atom stereocenters. The highest BCUT2D eigenvalue weighted by Gasteiger charge is 2.32. The molecule has 2 saturated heterocycles. The minimum atomic E-state index is 0.150. The van der Waals surface area contributed by atoms with Gasteiger partial charge in [0.05, 0.1) is 6.54 Å². The summed E-state index contributed by atoms with van der Waals surface area (Å²) in [5.74, 6) is 1.44. The van der Waals surface area contributed by atoms with Crippen molar-refractivity contribution in [3.8, 4) is 0 Å². The van der Waals surface area contributed by atoms with Crippen molar-refractivity contribution in [1.29, 1.82) is 0 Å². The Morgan fingerprint density at radius 3 is 2.41 bits per heavy atom. The van der Waals surface area contributed by atoms with Crippen LogP contribution in [0.25, 0.3) is 0 Å². The summed E-state index contributed by atoms with van der Waals surface area (Å²) in [5, 5.41) is 0. The molecule has 27 heavy (non-hydrogen) atoms. The Bertz CT molecular complexity index is 689. The van der Waals surface area contributed by atoms with Gasteiger partial charge in [-0.25, -0.2) is 0 Å². The molecule has 5 nitrogen and oxygen atoms in total. The molecule has 0 N–H and O–H groups in total. The van der Waals surface area contributed by atoms with Crippen molar-refractivity contribution < 1.29 is 9.59 Å². The molecule has 0 bridgehead atoms. The Morgan fingerprint density at radius 1 is 0.963 bits per heavy atom. The highest BCUT2D eigenvalue weighted by Crippen LogP contribution is 2.28. The van der Waals surface area contributed by atoms with Gasteiger partial charge in [0.1, 0.15) is 0 Å². The molecule has 3 aliphatic rings. The molecule has 1 aromatic rings. The zero-order chi connectivity index (χ0) is 18.8. The average Bonchev–Trinajstić information content (AvgIpc) is 3.13. The molecule has 1 aromatic carbocycles. The number of fused-ring (bicyclic) bond motifs is 1. The molecule has 0 unspecified atom stereocenters. The molecule has 2 amide bonds. The van der Waals surface area contributed by atoms with Gasteiger partial charge in [-0.15, -0.1) is 0 Å². The topological polar surface area (TPSA) is 43.9 Å². The van der Waals surface area contributed by atoms with E-state index >= 15 is 0 Å². The van der Waals surface area contributed by atoms with E-state index in [1.807, 2.05) is 23.1 Å². The van der Waals surface area contributed by atoms with Gasteiger partial charge >= 0.3 is 0 Å². The predicted octanol–water partition coefficient (Wildman–Crippen LogP) is 2.55. The SMILES string of the molecule is CC1CCN(C(=O)C2CCN(CC(=O)N3CCc4ccccc43)CC2)CC1. The van der Waals surface area contributed by atoms with Gasteiger partial charge in [0.25, 0.3) is 0 Å². The van der Waals surface area contributed by atoms with Crippen LogP contribution in [-0.2, 0) is 16.0 Å². The third-order valence-corrected chi connectivity index (χ3v) is 6.58. The quantitative estimate of drug-likeness (QED) is 0.822. The zero-order valence-corrected chi connectivity index (χ0v) is 16.4. The van der Waals surface area contributed by atoms with Crippen LogP contribution in [0.2, 0.25) is 0 Å². The molecule has 5 heteroatoms. The van der Waals surface area contributed by atoms with E-state index in [2.05, 4.69) is 22.8 Å². The van der Waals surface area contributed by atoms with Crippen LogP contribution >= 0.6 is 0 Å². The fraction of sp³-hybridized carbons (Fsp3) is 0.636. The number of para-hydroxylation sites is 1. The number of likely N-dealkylation sites (tertiary alicyclic amines) is 2. The van der Waals surface area contributed by atoms with E-state index in [-0.39, 0.29) is 11.8 Å². The molecule has 3 aliphatic heterocycles. The van der Waals surface area contributed by atoms with Gasteiger partial charge in [0.2, 0.25) is 11.8 Å². The molecule has 0 aliphatic carbocycles. The van der Waals surface area contributed by atoms with E-state index in [4.69, 9.17) is 0 Å². The van der Waals surface area contributed by atoms with Crippen molar-refractivity contribution in [3.63, 3.8) is 0 Å². The van der Waals surface area contributed by atoms with E-state index in [9.17, 15) is 9.59 Å². The number of carbonyl (C=O) groups is 2. The van der Waals surface area contributed by atoms with Gasteiger partial charge in [-0.2, -0.15) is 0 Å². The fourth-order valence-electron chi connectivity index (χ4n) is 4.70. The number of amides is 2. The lowest BCUT2D eigenvalue weighted by Gasteiger charge is -2.36. The van der Waals surface area contributed by atoms with Gasteiger partial charge in [-0.1, -0.05) is 25.1 Å². The Labute approximate surface area is 162 Å². The summed E-state index contributed by atoms with van der Waals surface area (Å²) in [7, 11) is 0. The molecule has 0 radical (unpaired) electrons. The van der Waals surface area contributed by atoms with Gasteiger partial charge in [0, 0.05) is 31.2 Å². The van der Waals surface area contributed by atoms with Crippen LogP contribution in [0.1, 0.15) is 38.2 Å². The molecular formula is C22H31N3O2. The monoisotopic (exact) mass is 369 g/mol. The van der Waals surface area contributed by atoms with Crippen LogP contribution < -0.4 is 4.90 Å². The van der Waals surface area contributed by atoms with Crippen molar-refractivity contribution in [2.45, 2.75) is 39.0 Å². The number of benzene rings is 1. The van der Waals surface area contributed by atoms with Gasteiger partial charge in [-0.3, -0.25) is 14.5 Å². The van der Waals surface area contributed by atoms with Crippen molar-refractivity contribution in [1.82, 2.24) is 9.80 Å². The summed E-state index contributed by atoms with van der Waals surface area (Å²) >= 11 is 0. The molecule has 0 spiro atoms. The maximum Gasteiger partial charge on any atom is 0.241 e. The van der Waals surface area contributed by atoms with Crippen LogP contribution in [0.15, 0.2) is 24.3 Å². The van der Waals surface area contributed by atoms with E-state index in [0.29, 0.717) is 12.5 Å². The van der Waals surface area contributed by atoms with E-state index in [1.54, 1.807) is 0 Å². The second-order valence-corrected chi connectivity index (χ2v) is 8.48. The second-order valence-electron chi connectivity index (χ2n) is 8.48. The van der Waals surface area contributed by atoms with Crippen LogP contribution in [0.3, 0.4) is 0 Å². The van der Waals surface area contributed by atoms with Crippen LogP contribution in [-0.4, -0.2) is 60.9 Å². The molecule has 146 valence electrons. The molecule has 3 heterocycles. The molecule has 4 rings (SSSR count). The summed E-state index contributed by atoms with van der Waals surface area (Å²) in [5.41, 5.74) is 2.35. The first-order valence-electron chi connectivity index (χ1n) is 10.5. The second kappa shape index (κ2) is 8.01. The summed E-state index contributed by atoms with van der Waals surface area (Å²) < 4.78 is 0. The highest BCUT2D eigenvalue weighted by atomic mass is 16.2. The lowest BCUT2D eigenvalue weighted by Crippen LogP contribution is -2.47. The number of hydrogen-bond donors (Lipinski definition) is 0. The van der Waals surface area contributed by atoms with Crippen molar-refractivity contribution in [3.05, 3.63) is 29.8 Å². The fourth-order valence-corrected chi connectivity index (χ4v) is 4.70. The number of anilines is 1. The normalized spacial score (nSPS) is 22.1. The summed E-state index contributed by atoms with van der Waals surface area (Å²) in [6.07, 6.45) is 4.99. The van der Waals surface area contributed by atoms with Gasteiger partial charge < -0.3 is 9.80 Å². The first-order chi connectivity index (χ1) is 13.1. The standard InChI is InChI=1S/C22H31N3O2/c1-17-6-13-24(14-7-17)22(27)19-8-11-23(12-9-19)16-21(26)25-15-10-18-4-2-3-5-20(18)25/h2-5,17,19H,6-16H2,1H3. The summed E-state index contributed by atoms with van der Waals surface area (Å²) in [4.78, 5) is 31.8. The lowest BCUT2D eigenvalue weighted by atomic mass is 9.92.